The van der Waals surface area contributed by atoms with Gasteiger partial charge in [0.2, 0.25) is 0 Å². The van der Waals surface area contributed by atoms with Crippen molar-refractivity contribution in [1.82, 2.24) is 9.78 Å². The van der Waals surface area contributed by atoms with Crippen LogP contribution in [0.1, 0.15) is 33.1 Å². The van der Waals surface area contributed by atoms with Crippen LogP contribution >= 0.6 is 0 Å². The smallest absolute Gasteiger partial charge is 0.307 e. The van der Waals surface area contributed by atoms with Gasteiger partial charge in [0.25, 0.3) is 5.91 Å². The highest BCUT2D eigenvalue weighted by atomic mass is 16.5. The number of carbonyl (C=O) groups excluding carboxylic acids is 1. The van der Waals surface area contributed by atoms with Crippen LogP contribution in [-0.4, -0.2) is 33.9 Å². The molecule has 0 aliphatic rings. The highest BCUT2D eigenvalue weighted by Crippen LogP contribution is 2.28. The minimum absolute atomic E-state index is 0.0453. The zero-order valence-corrected chi connectivity index (χ0v) is 18.0. The Morgan fingerprint density at radius 3 is 2.59 bits per heavy atom. The predicted molar refractivity (Wildman–Crippen MR) is 119 cm³/mol. The number of anilines is 1. The summed E-state index contributed by atoms with van der Waals surface area (Å²) in [5.41, 5.74) is 4.43. The van der Waals surface area contributed by atoms with E-state index in [1.54, 1.807) is 36.1 Å². The Labute approximate surface area is 184 Å². The van der Waals surface area contributed by atoms with Crippen molar-refractivity contribution < 1.29 is 23.8 Å². The fraction of sp³-hybridized carbons (Fsp3) is 0.208. The van der Waals surface area contributed by atoms with Gasteiger partial charge in [-0.1, -0.05) is 24.3 Å². The van der Waals surface area contributed by atoms with Crippen molar-refractivity contribution in [2.45, 2.75) is 26.8 Å². The van der Waals surface area contributed by atoms with Crippen LogP contribution in [0.15, 0.2) is 52.9 Å². The highest BCUT2D eigenvalue weighted by molar-refractivity contribution is 6.05. The molecule has 4 aromatic rings. The number of carboxylic acids is 1. The van der Waals surface area contributed by atoms with Crippen molar-refractivity contribution >= 4 is 28.5 Å². The van der Waals surface area contributed by atoms with Crippen molar-refractivity contribution in [3.05, 3.63) is 76.8 Å². The van der Waals surface area contributed by atoms with E-state index < -0.39 is 5.97 Å². The molecule has 0 radical (unpaired) electrons. The molecule has 0 spiro atoms. The number of benzene rings is 2. The number of nitrogens with one attached hydrogen (secondary N) is 1. The molecule has 8 heteroatoms. The van der Waals surface area contributed by atoms with Crippen LogP contribution in [0.2, 0.25) is 0 Å². The zero-order valence-electron chi connectivity index (χ0n) is 18.0. The summed E-state index contributed by atoms with van der Waals surface area (Å²) in [4.78, 5) is 23.7. The van der Waals surface area contributed by atoms with Crippen LogP contribution in [0.3, 0.4) is 0 Å². The van der Waals surface area contributed by atoms with E-state index >= 15 is 0 Å². The maximum atomic E-state index is 12.6. The molecule has 2 N–H and O–H groups in total. The molecular formula is C24H23N3O5. The maximum absolute atomic E-state index is 12.6. The van der Waals surface area contributed by atoms with Crippen molar-refractivity contribution in [2.24, 2.45) is 0 Å². The van der Waals surface area contributed by atoms with E-state index in [-0.39, 0.29) is 18.1 Å². The fourth-order valence-corrected chi connectivity index (χ4v) is 3.66. The summed E-state index contributed by atoms with van der Waals surface area (Å²) < 4.78 is 12.8. The number of aryl methyl sites for hydroxylation is 1. The van der Waals surface area contributed by atoms with Gasteiger partial charge in [-0.3, -0.25) is 14.3 Å². The van der Waals surface area contributed by atoms with Gasteiger partial charge in [-0.15, -0.1) is 0 Å². The summed E-state index contributed by atoms with van der Waals surface area (Å²) in [6, 6.07) is 14.5. The fourth-order valence-electron chi connectivity index (χ4n) is 3.66. The lowest BCUT2D eigenvalue weighted by molar-refractivity contribution is -0.136. The third-order valence-corrected chi connectivity index (χ3v) is 5.36. The van der Waals surface area contributed by atoms with Crippen molar-refractivity contribution in [2.75, 3.05) is 12.4 Å². The number of fused-ring (bicyclic) bond motifs is 1. The van der Waals surface area contributed by atoms with Gasteiger partial charge in [-0.05, 0) is 43.7 Å². The van der Waals surface area contributed by atoms with Gasteiger partial charge in [0, 0.05) is 22.3 Å². The number of rotatable bonds is 7. The van der Waals surface area contributed by atoms with Gasteiger partial charge in [-0.2, -0.15) is 5.10 Å². The lowest BCUT2D eigenvalue weighted by Gasteiger charge is -2.08. The standard InChI is InChI=1S/C24H23N3O5/c1-14-19(12-22(28)29)15(2)27(26-14)13-16-7-9-18(10-8-16)25-24(30)21-11-17-5-4-6-20(31-3)23(17)32-21/h4-11H,12-13H2,1-3H3,(H,25,30)(H,28,29). The lowest BCUT2D eigenvalue weighted by Crippen LogP contribution is -2.11. The second-order valence-corrected chi connectivity index (χ2v) is 7.52. The van der Waals surface area contributed by atoms with E-state index in [2.05, 4.69) is 10.4 Å². The average Bonchev–Trinajstić information content (AvgIpc) is 3.32. The minimum Gasteiger partial charge on any atom is -0.493 e. The van der Waals surface area contributed by atoms with Gasteiger partial charge in [0.15, 0.2) is 17.1 Å². The average molecular weight is 433 g/mol. The summed E-state index contributed by atoms with van der Waals surface area (Å²) in [6.07, 6.45) is -0.0453. The number of aromatic nitrogens is 2. The zero-order chi connectivity index (χ0) is 22.8. The number of methoxy groups -OCH3 is 1. The van der Waals surface area contributed by atoms with Crippen molar-refractivity contribution in [3.63, 3.8) is 0 Å². The molecule has 8 nitrogen and oxygen atoms in total. The Bertz CT molecular complexity index is 1300. The molecule has 2 aromatic heterocycles. The number of furan rings is 1. The van der Waals surface area contributed by atoms with E-state index in [4.69, 9.17) is 14.3 Å². The van der Waals surface area contributed by atoms with Crippen LogP contribution in [-0.2, 0) is 17.8 Å². The summed E-state index contributed by atoms with van der Waals surface area (Å²) in [6.45, 7) is 4.19. The molecule has 0 saturated heterocycles. The molecule has 0 unspecified atom stereocenters. The van der Waals surface area contributed by atoms with Gasteiger partial charge in [0.05, 0.1) is 25.8 Å². The maximum Gasteiger partial charge on any atom is 0.307 e. The largest absolute Gasteiger partial charge is 0.493 e. The van der Waals surface area contributed by atoms with Gasteiger partial charge in [-0.25, -0.2) is 0 Å². The molecule has 0 atom stereocenters. The molecular weight excluding hydrogens is 410 g/mol. The second kappa shape index (κ2) is 8.58. The Morgan fingerprint density at radius 2 is 1.91 bits per heavy atom. The van der Waals surface area contributed by atoms with Gasteiger partial charge in [0.1, 0.15) is 0 Å². The molecule has 0 saturated carbocycles. The number of aliphatic carboxylic acids is 1. The molecule has 164 valence electrons. The van der Waals surface area contributed by atoms with Crippen LogP contribution in [0.4, 0.5) is 5.69 Å². The van der Waals surface area contributed by atoms with Crippen LogP contribution < -0.4 is 10.1 Å². The van der Waals surface area contributed by atoms with E-state index in [0.717, 1.165) is 27.9 Å². The summed E-state index contributed by atoms with van der Waals surface area (Å²) in [5, 5.41) is 17.2. The normalized spacial score (nSPS) is 11.0. The monoisotopic (exact) mass is 433 g/mol. The highest BCUT2D eigenvalue weighted by Gasteiger charge is 2.16. The number of nitrogens with zero attached hydrogens (tertiary/aromatic N) is 2. The number of hydrogen-bond donors (Lipinski definition) is 2. The molecule has 0 aliphatic heterocycles. The molecule has 2 heterocycles. The number of carbonyl (C=O) groups is 2. The summed E-state index contributed by atoms with van der Waals surface area (Å²) in [7, 11) is 1.55. The number of amides is 1. The van der Waals surface area contributed by atoms with Crippen molar-refractivity contribution in [1.29, 1.82) is 0 Å². The molecule has 0 fully saturated rings. The SMILES string of the molecule is COc1cccc2cc(C(=O)Nc3ccc(Cn4nc(C)c(CC(=O)O)c4C)cc3)oc12. The molecule has 1 amide bonds. The first-order chi connectivity index (χ1) is 15.4. The molecule has 4 rings (SSSR count). The summed E-state index contributed by atoms with van der Waals surface area (Å²) >= 11 is 0. The topological polar surface area (TPSA) is 107 Å². The molecule has 32 heavy (non-hydrogen) atoms. The van der Waals surface area contributed by atoms with Crippen molar-refractivity contribution in [3.8, 4) is 5.75 Å². The molecule has 0 aliphatic carbocycles. The van der Waals surface area contributed by atoms with Crippen LogP contribution in [0.25, 0.3) is 11.0 Å². The Balaban J connectivity index is 1.46. The quantitative estimate of drug-likeness (QED) is 0.453. The Kier molecular flexibility index (Phi) is 5.68. The van der Waals surface area contributed by atoms with E-state index in [9.17, 15) is 9.59 Å². The van der Waals surface area contributed by atoms with Crippen LogP contribution in [0, 0.1) is 13.8 Å². The summed E-state index contributed by atoms with van der Waals surface area (Å²) in [5.74, 6) is -0.463. The first-order valence-electron chi connectivity index (χ1n) is 10.1. The first-order valence-corrected chi connectivity index (χ1v) is 10.1. The van der Waals surface area contributed by atoms with E-state index in [1.807, 2.05) is 38.1 Å². The number of ether oxygens (including phenoxy) is 1. The number of hydrogen-bond acceptors (Lipinski definition) is 5. The third kappa shape index (κ3) is 4.20. The number of para-hydroxylation sites is 1. The van der Waals surface area contributed by atoms with E-state index in [0.29, 0.717) is 23.6 Å². The predicted octanol–water partition coefficient (Wildman–Crippen LogP) is 4.18. The third-order valence-electron chi connectivity index (χ3n) is 5.36. The first kappa shape index (κ1) is 21.2. The molecule has 0 bridgehead atoms. The minimum atomic E-state index is -0.876. The lowest BCUT2D eigenvalue weighted by atomic mass is 10.1. The van der Waals surface area contributed by atoms with E-state index in [1.165, 1.54) is 0 Å². The Hall–Kier alpha value is -4.07. The van der Waals surface area contributed by atoms with Gasteiger partial charge >= 0.3 is 5.97 Å². The molecule has 2 aromatic carbocycles. The number of carboxylic acid groups (broad SMARTS) is 1. The second-order valence-electron chi connectivity index (χ2n) is 7.52. The Morgan fingerprint density at radius 1 is 1.16 bits per heavy atom. The van der Waals surface area contributed by atoms with Gasteiger partial charge < -0.3 is 19.6 Å². The van der Waals surface area contributed by atoms with Crippen LogP contribution in [0.5, 0.6) is 5.75 Å².